The first kappa shape index (κ1) is 16.9. The minimum Gasteiger partial charge on any atom is -0.480 e. The average Bonchev–Trinajstić information content (AvgIpc) is 3.06. The highest BCUT2D eigenvalue weighted by molar-refractivity contribution is 5.97. The first-order valence-electron chi connectivity index (χ1n) is 7.85. The van der Waals surface area contributed by atoms with E-state index in [0.717, 1.165) is 4.57 Å². The molecule has 0 radical (unpaired) electrons. The summed E-state index contributed by atoms with van der Waals surface area (Å²) in [7, 11) is 2.85. The third-order valence-corrected chi connectivity index (χ3v) is 4.63. The van der Waals surface area contributed by atoms with Crippen molar-refractivity contribution < 1.29 is 14.7 Å². The van der Waals surface area contributed by atoms with Crippen molar-refractivity contribution in [1.82, 2.24) is 19.0 Å². The largest absolute Gasteiger partial charge is 0.480 e. The Morgan fingerprint density at radius 1 is 1.24 bits per heavy atom. The molecule has 0 bridgehead atoms. The van der Waals surface area contributed by atoms with Crippen molar-refractivity contribution in [3.63, 3.8) is 0 Å². The zero-order valence-electron chi connectivity index (χ0n) is 14.1. The Labute approximate surface area is 142 Å². The number of carboxylic acid groups (broad SMARTS) is 1. The van der Waals surface area contributed by atoms with Gasteiger partial charge in [0.25, 0.3) is 11.5 Å². The number of amides is 1. The minimum absolute atomic E-state index is 0.0291. The number of carbonyl (C=O) groups excluding carboxylic acids is 1. The van der Waals surface area contributed by atoms with Crippen molar-refractivity contribution in [2.45, 2.75) is 25.8 Å². The summed E-state index contributed by atoms with van der Waals surface area (Å²) in [6.45, 7) is 2.00. The molecule has 1 N–H and O–H groups in total. The van der Waals surface area contributed by atoms with Gasteiger partial charge in [0.15, 0.2) is 0 Å². The summed E-state index contributed by atoms with van der Waals surface area (Å²) in [6, 6.07) is 0.589. The van der Waals surface area contributed by atoms with E-state index in [-0.39, 0.29) is 16.7 Å². The predicted octanol–water partition coefficient (Wildman–Crippen LogP) is -0.370. The second kappa shape index (κ2) is 5.83. The van der Waals surface area contributed by atoms with Crippen LogP contribution < -0.4 is 11.2 Å². The van der Waals surface area contributed by atoms with Crippen LogP contribution in [-0.4, -0.2) is 48.6 Å². The summed E-state index contributed by atoms with van der Waals surface area (Å²) in [5, 5.41) is 9.51. The van der Waals surface area contributed by atoms with Gasteiger partial charge >= 0.3 is 11.7 Å². The minimum atomic E-state index is -1.05. The standard InChI is InChI=1S/C16H18N4O5/c1-8-7-9(13(21)20-6-4-5-10(20)15(23)24)17-12-11(8)14(22)19(3)16(25)18(12)2/h7,10H,4-6H2,1-3H3,(H,23,24). The van der Waals surface area contributed by atoms with Gasteiger partial charge in [0.05, 0.1) is 5.39 Å². The van der Waals surface area contributed by atoms with Crippen LogP contribution in [0.15, 0.2) is 15.7 Å². The van der Waals surface area contributed by atoms with Crippen LogP contribution in [0.3, 0.4) is 0 Å². The molecule has 1 unspecified atom stereocenters. The molecule has 2 aromatic heterocycles. The Hall–Kier alpha value is -2.97. The monoisotopic (exact) mass is 346 g/mol. The smallest absolute Gasteiger partial charge is 0.332 e. The first-order chi connectivity index (χ1) is 11.7. The predicted molar refractivity (Wildman–Crippen MR) is 88.7 cm³/mol. The van der Waals surface area contributed by atoms with Gasteiger partial charge in [0, 0.05) is 20.6 Å². The van der Waals surface area contributed by atoms with E-state index in [2.05, 4.69) is 4.98 Å². The van der Waals surface area contributed by atoms with Crippen LogP contribution in [-0.2, 0) is 18.9 Å². The Bertz CT molecular complexity index is 1020. The topological polar surface area (TPSA) is 114 Å². The molecule has 9 nitrogen and oxygen atoms in total. The zero-order valence-corrected chi connectivity index (χ0v) is 14.1. The molecular formula is C16H18N4O5. The fourth-order valence-corrected chi connectivity index (χ4v) is 3.26. The van der Waals surface area contributed by atoms with Gasteiger partial charge in [0.2, 0.25) is 0 Å². The van der Waals surface area contributed by atoms with Crippen LogP contribution in [0.2, 0.25) is 0 Å². The molecule has 0 saturated carbocycles. The number of hydrogen-bond acceptors (Lipinski definition) is 5. The molecule has 3 rings (SSSR count). The number of carboxylic acids is 1. The highest BCUT2D eigenvalue weighted by atomic mass is 16.4. The molecule has 1 aliphatic heterocycles. The maximum Gasteiger partial charge on any atom is 0.332 e. The first-order valence-corrected chi connectivity index (χ1v) is 7.85. The highest BCUT2D eigenvalue weighted by Crippen LogP contribution is 2.21. The molecule has 1 fully saturated rings. The Balaban J connectivity index is 2.19. The van der Waals surface area contributed by atoms with Crippen molar-refractivity contribution in [2.24, 2.45) is 14.1 Å². The second-order valence-electron chi connectivity index (χ2n) is 6.22. The van der Waals surface area contributed by atoms with E-state index in [9.17, 15) is 24.3 Å². The number of pyridine rings is 1. The van der Waals surface area contributed by atoms with E-state index >= 15 is 0 Å². The number of hydrogen-bond donors (Lipinski definition) is 1. The van der Waals surface area contributed by atoms with Gasteiger partial charge in [0.1, 0.15) is 17.4 Å². The second-order valence-corrected chi connectivity index (χ2v) is 6.22. The molecule has 0 aromatic carbocycles. The lowest BCUT2D eigenvalue weighted by Crippen LogP contribution is -2.41. The number of aromatic nitrogens is 3. The zero-order chi connectivity index (χ0) is 18.5. The highest BCUT2D eigenvalue weighted by Gasteiger charge is 2.35. The van der Waals surface area contributed by atoms with E-state index in [4.69, 9.17) is 0 Å². The average molecular weight is 346 g/mol. The van der Waals surface area contributed by atoms with E-state index in [1.165, 1.54) is 29.6 Å². The number of likely N-dealkylation sites (tertiary alicyclic amines) is 1. The summed E-state index contributed by atoms with van der Waals surface area (Å²) in [5.41, 5.74) is -0.371. The molecule has 1 saturated heterocycles. The Morgan fingerprint density at radius 2 is 1.92 bits per heavy atom. The summed E-state index contributed by atoms with van der Waals surface area (Å²) in [6.07, 6.45) is 1.00. The van der Waals surface area contributed by atoms with E-state index in [0.29, 0.717) is 24.9 Å². The molecule has 1 amide bonds. The van der Waals surface area contributed by atoms with Gasteiger partial charge in [-0.1, -0.05) is 0 Å². The van der Waals surface area contributed by atoms with E-state index in [1.807, 2.05) is 0 Å². The van der Waals surface area contributed by atoms with Crippen molar-refractivity contribution in [2.75, 3.05) is 6.54 Å². The molecular weight excluding hydrogens is 328 g/mol. The number of nitrogens with zero attached hydrogens (tertiary/aromatic N) is 4. The van der Waals surface area contributed by atoms with Gasteiger partial charge < -0.3 is 10.0 Å². The molecule has 132 valence electrons. The molecule has 3 heterocycles. The van der Waals surface area contributed by atoms with Gasteiger partial charge in [-0.2, -0.15) is 0 Å². The number of carbonyl (C=O) groups is 2. The molecule has 2 aromatic rings. The van der Waals surface area contributed by atoms with E-state index in [1.54, 1.807) is 6.92 Å². The van der Waals surface area contributed by atoms with Crippen molar-refractivity contribution >= 4 is 22.9 Å². The van der Waals surface area contributed by atoms with Crippen LogP contribution in [0.5, 0.6) is 0 Å². The summed E-state index contributed by atoms with van der Waals surface area (Å²) in [4.78, 5) is 54.0. The third-order valence-electron chi connectivity index (χ3n) is 4.63. The number of aliphatic carboxylic acids is 1. The van der Waals surface area contributed by atoms with Crippen molar-refractivity contribution in [3.05, 3.63) is 38.2 Å². The molecule has 25 heavy (non-hydrogen) atoms. The van der Waals surface area contributed by atoms with E-state index < -0.39 is 29.2 Å². The van der Waals surface area contributed by atoms with Crippen LogP contribution in [0.25, 0.3) is 11.0 Å². The van der Waals surface area contributed by atoms with Crippen molar-refractivity contribution in [1.29, 1.82) is 0 Å². The lowest BCUT2D eigenvalue weighted by molar-refractivity contribution is -0.141. The van der Waals surface area contributed by atoms with Crippen LogP contribution in [0, 0.1) is 6.92 Å². The lowest BCUT2D eigenvalue weighted by Gasteiger charge is -2.21. The quantitative estimate of drug-likeness (QED) is 0.793. The Kier molecular flexibility index (Phi) is 3.94. The number of fused-ring (bicyclic) bond motifs is 1. The lowest BCUT2D eigenvalue weighted by atomic mass is 10.1. The summed E-state index contributed by atoms with van der Waals surface area (Å²) in [5.74, 6) is -1.56. The third kappa shape index (κ3) is 2.51. The fraction of sp³-hybridized carbons (Fsp3) is 0.438. The molecule has 0 spiro atoms. The van der Waals surface area contributed by atoms with Gasteiger partial charge in [-0.25, -0.2) is 14.6 Å². The summed E-state index contributed by atoms with van der Waals surface area (Å²) >= 11 is 0. The van der Waals surface area contributed by atoms with Gasteiger partial charge in [-0.3, -0.25) is 18.7 Å². The normalized spacial score (nSPS) is 17.2. The number of rotatable bonds is 2. The maximum absolute atomic E-state index is 12.7. The molecule has 1 atom stereocenters. The Morgan fingerprint density at radius 3 is 2.56 bits per heavy atom. The van der Waals surface area contributed by atoms with Crippen LogP contribution in [0.4, 0.5) is 0 Å². The molecule has 0 aliphatic carbocycles. The summed E-state index contributed by atoms with van der Waals surface area (Å²) < 4.78 is 2.19. The molecule has 9 heteroatoms. The molecule has 1 aliphatic rings. The SMILES string of the molecule is Cc1cc(C(=O)N2CCCC2C(=O)O)nc2c1c(=O)n(C)c(=O)n2C. The number of aryl methyl sites for hydroxylation is 2. The van der Waals surface area contributed by atoms with Gasteiger partial charge in [-0.05, 0) is 31.4 Å². The fourth-order valence-electron chi connectivity index (χ4n) is 3.26. The maximum atomic E-state index is 12.7. The van der Waals surface area contributed by atoms with Crippen molar-refractivity contribution in [3.8, 4) is 0 Å². The van der Waals surface area contributed by atoms with Crippen LogP contribution in [0.1, 0.15) is 28.9 Å². The van der Waals surface area contributed by atoms with Gasteiger partial charge in [-0.15, -0.1) is 0 Å². The van der Waals surface area contributed by atoms with Crippen LogP contribution >= 0.6 is 0 Å².